The zero-order chi connectivity index (χ0) is 10.4. The van der Waals surface area contributed by atoms with Gasteiger partial charge in [0.15, 0.2) is 6.29 Å². The highest BCUT2D eigenvalue weighted by atomic mass is 35.5. The Labute approximate surface area is 87.5 Å². The summed E-state index contributed by atoms with van der Waals surface area (Å²) in [6.07, 6.45) is 1.16. The number of phenolic OH excluding ortho intramolecular Hbond substituents is 1. The van der Waals surface area contributed by atoms with Gasteiger partial charge in [0.1, 0.15) is 5.75 Å². The van der Waals surface area contributed by atoms with Crippen molar-refractivity contribution in [3.63, 3.8) is 0 Å². The normalized spacial score (nSPS) is 8.93. The lowest BCUT2D eigenvalue weighted by Crippen LogP contribution is -1.84. The van der Waals surface area contributed by atoms with Gasteiger partial charge in [0.2, 0.25) is 0 Å². The van der Waals surface area contributed by atoms with E-state index in [-0.39, 0.29) is 11.3 Å². The molecule has 0 unspecified atom stereocenters. The van der Waals surface area contributed by atoms with Gasteiger partial charge < -0.3 is 5.11 Å². The molecule has 0 atom stereocenters. The van der Waals surface area contributed by atoms with Crippen molar-refractivity contribution in [2.45, 2.75) is 6.42 Å². The number of hydrogen-bond donors (Lipinski definition) is 1. The third-order valence-corrected chi connectivity index (χ3v) is 1.83. The molecule has 0 aromatic heterocycles. The van der Waals surface area contributed by atoms with Crippen LogP contribution in [0.4, 0.5) is 0 Å². The van der Waals surface area contributed by atoms with Crippen molar-refractivity contribution in [3.8, 4) is 17.6 Å². The molecule has 0 heterocycles. The molecule has 0 spiro atoms. The molecular formula is C11H9ClO2. The average molecular weight is 209 g/mol. The molecule has 1 aromatic rings. The van der Waals surface area contributed by atoms with Crippen LogP contribution in [0.2, 0.25) is 0 Å². The highest BCUT2D eigenvalue weighted by molar-refractivity contribution is 6.18. The monoisotopic (exact) mass is 208 g/mol. The number of para-hydroxylation sites is 1. The van der Waals surface area contributed by atoms with Crippen molar-refractivity contribution < 1.29 is 9.90 Å². The highest BCUT2D eigenvalue weighted by Gasteiger charge is 2.02. The lowest BCUT2D eigenvalue weighted by Gasteiger charge is -1.98. The van der Waals surface area contributed by atoms with Gasteiger partial charge in [-0.3, -0.25) is 4.79 Å². The summed E-state index contributed by atoms with van der Waals surface area (Å²) in [6, 6.07) is 4.87. The molecule has 0 saturated heterocycles. The molecule has 1 rings (SSSR count). The first kappa shape index (κ1) is 10.6. The van der Waals surface area contributed by atoms with Gasteiger partial charge in [-0.15, -0.1) is 11.6 Å². The quantitative estimate of drug-likeness (QED) is 0.460. The largest absolute Gasteiger partial charge is 0.506 e. The maximum Gasteiger partial charge on any atom is 0.153 e. The minimum Gasteiger partial charge on any atom is -0.506 e. The fraction of sp³-hybridized carbons (Fsp3) is 0.182. The van der Waals surface area contributed by atoms with E-state index in [9.17, 15) is 9.90 Å². The smallest absolute Gasteiger partial charge is 0.153 e. The van der Waals surface area contributed by atoms with Crippen LogP contribution in [0.5, 0.6) is 5.75 Å². The molecule has 0 bridgehead atoms. The number of hydrogen-bond acceptors (Lipinski definition) is 2. The number of aldehydes is 1. The van der Waals surface area contributed by atoms with Crippen LogP contribution < -0.4 is 0 Å². The van der Waals surface area contributed by atoms with Crippen molar-refractivity contribution in [1.82, 2.24) is 0 Å². The molecule has 1 N–H and O–H groups in total. The zero-order valence-corrected chi connectivity index (χ0v) is 8.21. The van der Waals surface area contributed by atoms with E-state index in [1.807, 2.05) is 0 Å². The number of aromatic hydroxyl groups is 1. The standard InChI is InChI=1S/C11H9ClO2/c12-7-2-1-4-9-5-3-6-10(8-13)11(9)14/h3,5-6,8,14H,2,7H2. The number of alkyl halides is 1. The number of carbonyl (C=O) groups excluding carboxylic acids is 1. The van der Waals surface area contributed by atoms with Crippen molar-refractivity contribution in [2.75, 3.05) is 5.88 Å². The number of phenols is 1. The maximum atomic E-state index is 10.5. The summed E-state index contributed by atoms with van der Waals surface area (Å²) >= 11 is 5.44. The molecule has 1 aromatic carbocycles. The van der Waals surface area contributed by atoms with E-state index < -0.39 is 0 Å². The Hall–Kier alpha value is -1.46. The number of benzene rings is 1. The van der Waals surface area contributed by atoms with Crippen LogP contribution in [-0.2, 0) is 0 Å². The first-order chi connectivity index (χ1) is 6.79. The fourth-order valence-electron chi connectivity index (χ4n) is 0.962. The SMILES string of the molecule is O=Cc1cccc(C#CCCCl)c1O. The molecule has 0 aliphatic carbocycles. The Kier molecular flexibility index (Phi) is 4.03. The van der Waals surface area contributed by atoms with Crippen LogP contribution in [0, 0.1) is 11.8 Å². The van der Waals surface area contributed by atoms with Crippen molar-refractivity contribution in [1.29, 1.82) is 0 Å². The second-order valence-corrected chi connectivity index (χ2v) is 2.98. The fourth-order valence-corrected chi connectivity index (χ4v) is 1.06. The molecule has 0 aliphatic heterocycles. The Balaban J connectivity index is 2.99. The highest BCUT2D eigenvalue weighted by Crippen LogP contribution is 2.19. The van der Waals surface area contributed by atoms with Gasteiger partial charge in [0, 0.05) is 12.3 Å². The predicted molar refractivity (Wildman–Crippen MR) is 55.7 cm³/mol. The minimum absolute atomic E-state index is 0.0652. The van der Waals surface area contributed by atoms with E-state index in [4.69, 9.17) is 11.6 Å². The Bertz CT molecular complexity index is 388. The summed E-state index contributed by atoms with van der Waals surface area (Å²) in [4.78, 5) is 10.5. The van der Waals surface area contributed by atoms with Crippen LogP contribution in [0.25, 0.3) is 0 Å². The molecule has 0 radical (unpaired) electrons. The van der Waals surface area contributed by atoms with Crippen molar-refractivity contribution >= 4 is 17.9 Å². The van der Waals surface area contributed by atoms with Crippen molar-refractivity contribution in [3.05, 3.63) is 29.3 Å². The van der Waals surface area contributed by atoms with Crippen LogP contribution in [0.15, 0.2) is 18.2 Å². The third kappa shape index (κ3) is 2.51. The number of rotatable bonds is 2. The number of halogens is 1. The lowest BCUT2D eigenvalue weighted by atomic mass is 10.1. The zero-order valence-electron chi connectivity index (χ0n) is 7.46. The first-order valence-electron chi connectivity index (χ1n) is 4.11. The first-order valence-corrected chi connectivity index (χ1v) is 4.65. The van der Waals surface area contributed by atoms with Crippen molar-refractivity contribution in [2.24, 2.45) is 0 Å². The predicted octanol–water partition coefficient (Wildman–Crippen LogP) is 2.19. The average Bonchev–Trinajstić information content (AvgIpc) is 2.21. The number of carbonyl (C=O) groups is 1. The van der Waals surface area contributed by atoms with Crippen LogP contribution >= 0.6 is 11.6 Å². The third-order valence-electron chi connectivity index (χ3n) is 1.64. The second kappa shape index (κ2) is 5.31. The summed E-state index contributed by atoms with van der Waals surface area (Å²) in [5.41, 5.74) is 0.711. The van der Waals surface area contributed by atoms with E-state index in [0.717, 1.165) is 0 Å². The molecular weight excluding hydrogens is 200 g/mol. The Morgan fingerprint density at radius 3 is 2.93 bits per heavy atom. The van der Waals surface area contributed by atoms with E-state index in [1.165, 1.54) is 6.07 Å². The maximum absolute atomic E-state index is 10.5. The van der Waals surface area contributed by atoms with E-state index in [0.29, 0.717) is 24.2 Å². The van der Waals surface area contributed by atoms with Crippen LogP contribution in [-0.4, -0.2) is 17.3 Å². The van der Waals surface area contributed by atoms with Crippen LogP contribution in [0.1, 0.15) is 22.3 Å². The summed E-state index contributed by atoms with van der Waals surface area (Å²) in [5, 5.41) is 9.52. The van der Waals surface area contributed by atoms with Gasteiger partial charge in [-0.2, -0.15) is 0 Å². The van der Waals surface area contributed by atoms with Gasteiger partial charge in [-0.05, 0) is 12.1 Å². The summed E-state index contributed by atoms with van der Waals surface area (Å²) in [5.74, 6) is 5.93. The lowest BCUT2D eigenvalue weighted by molar-refractivity contribution is 0.112. The summed E-state index contributed by atoms with van der Waals surface area (Å²) < 4.78 is 0. The van der Waals surface area contributed by atoms with Crippen LogP contribution in [0.3, 0.4) is 0 Å². The van der Waals surface area contributed by atoms with Gasteiger partial charge in [0.05, 0.1) is 11.1 Å². The Morgan fingerprint density at radius 2 is 2.29 bits per heavy atom. The molecule has 2 nitrogen and oxygen atoms in total. The van der Waals surface area contributed by atoms with Gasteiger partial charge in [0.25, 0.3) is 0 Å². The molecule has 14 heavy (non-hydrogen) atoms. The molecule has 0 amide bonds. The van der Waals surface area contributed by atoms with E-state index >= 15 is 0 Å². The second-order valence-electron chi connectivity index (χ2n) is 2.60. The minimum atomic E-state index is -0.0652. The Morgan fingerprint density at radius 1 is 1.50 bits per heavy atom. The van der Waals surface area contributed by atoms with E-state index in [1.54, 1.807) is 12.1 Å². The molecule has 3 heteroatoms. The van der Waals surface area contributed by atoms with Gasteiger partial charge in [-0.1, -0.05) is 17.9 Å². The molecule has 0 aliphatic rings. The molecule has 72 valence electrons. The molecule has 0 fully saturated rings. The topological polar surface area (TPSA) is 37.3 Å². The van der Waals surface area contributed by atoms with E-state index in [2.05, 4.69) is 11.8 Å². The van der Waals surface area contributed by atoms with Gasteiger partial charge >= 0.3 is 0 Å². The van der Waals surface area contributed by atoms with Gasteiger partial charge in [-0.25, -0.2) is 0 Å². The summed E-state index contributed by atoms with van der Waals surface area (Å²) in [7, 11) is 0. The summed E-state index contributed by atoms with van der Waals surface area (Å²) in [6.45, 7) is 0. The molecule has 0 saturated carbocycles.